The van der Waals surface area contributed by atoms with Crippen LogP contribution in [0.15, 0.2) is 0 Å². The molecule has 1 N–H and O–H groups in total. The number of hydrogen-bond donors (Lipinski definition) is 1. The smallest absolute Gasteiger partial charge is 0.435 e. The molecule has 1 atom stereocenters. The van der Waals surface area contributed by atoms with Gasteiger partial charge in [0.2, 0.25) is 0 Å². The van der Waals surface area contributed by atoms with Crippen molar-refractivity contribution in [3.05, 3.63) is 0 Å². The standard InChI is InChI=1S/C8H18NO4PS/c1-5-12-8(15)9(7(3)4)14(10,11)13-6-2/h7H,5-6H2,1-4H3,(H,10,11). The van der Waals surface area contributed by atoms with E-state index in [1.807, 2.05) is 0 Å². The fourth-order valence-corrected chi connectivity index (χ4v) is 2.97. The molecule has 90 valence electrons. The molecule has 0 rings (SSSR count). The van der Waals surface area contributed by atoms with E-state index >= 15 is 0 Å². The first-order chi connectivity index (χ1) is 6.86. The summed E-state index contributed by atoms with van der Waals surface area (Å²) in [5, 5.41) is -0.00761. The van der Waals surface area contributed by atoms with Crippen LogP contribution in [0.5, 0.6) is 0 Å². The van der Waals surface area contributed by atoms with E-state index in [0.717, 1.165) is 4.67 Å². The van der Waals surface area contributed by atoms with Crippen molar-refractivity contribution in [3.8, 4) is 0 Å². The Bertz CT molecular complexity index is 259. The molecule has 0 amide bonds. The van der Waals surface area contributed by atoms with E-state index in [9.17, 15) is 9.46 Å². The van der Waals surface area contributed by atoms with Crippen LogP contribution < -0.4 is 0 Å². The number of thiocarbonyl (C=S) groups is 1. The Morgan fingerprint density at radius 2 is 2.00 bits per heavy atom. The van der Waals surface area contributed by atoms with Gasteiger partial charge >= 0.3 is 7.75 Å². The molecule has 0 radical (unpaired) electrons. The summed E-state index contributed by atoms with van der Waals surface area (Å²) >= 11 is 4.90. The molecule has 7 heteroatoms. The topological polar surface area (TPSA) is 59.0 Å². The summed E-state index contributed by atoms with van der Waals surface area (Å²) in [4.78, 5) is 9.63. The minimum atomic E-state index is -3.88. The number of rotatable bonds is 5. The first kappa shape index (κ1) is 14.8. The minimum absolute atomic E-state index is 0.00761. The Kier molecular flexibility index (Phi) is 6.36. The highest BCUT2D eigenvalue weighted by molar-refractivity contribution is 7.80. The molecule has 0 aromatic carbocycles. The van der Waals surface area contributed by atoms with Crippen LogP contribution in [-0.2, 0) is 13.8 Å². The van der Waals surface area contributed by atoms with Crippen LogP contribution in [0.1, 0.15) is 27.7 Å². The molecule has 0 saturated carbocycles. The van der Waals surface area contributed by atoms with E-state index in [0.29, 0.717) is 6.61 Å². The van der Waals surface area contributed by atoms with Crippen molar-refractivity contribution in [3.63, 3.8) is 0 Å². The maximum absolute atomic E-state index is 11.8. The predicted molar refractivity (Wildman–Crippen MR) is 62.7 cm³/mol. The van der Waals surface area contributed by atoms with Gasteiger partial charge in [-0.2, -0.15) is 0 Å². The number of nitrogens with zero attached hydrogens (tertiary/aromatic N) is 1. The third kappa shape index (κ3) is 4.47. The van der Waals surface area contributed by atoms with Gasteiger partial charge in [0, 0.05) is 6.04 Å². The molecule has 0 aromatic heterocycles. The van der Waals surface area contributed by atoms with Crippen LogP contribution in [0.3, 0.4) is 0 Å². The van der Waals surface area contributed by atoms with E-state index in [1.165, 1.54) is 0 Å². The quantitative estimate of drug-likeness (QED) is 0.600. The molecule has 0 fully saturated rings. The van der Waals surface area contributed by atoms with E-state index in [-0.39, 0.29) is 17.8 Å². The summed E-state index contributed by atoms with van der Waals surface area (Å²) in [5.41, 5.74) is 0. The zero-order chi connectivity index (χ0) is 12.1. The Hall–Kier alpha value is -0.160. The second-order valence-electron chi connectivity index (χ2n) is 3.05. The van der Waals surface area contributed by atoms with E-state index in [1.54, 1.807) is 27.7 Å². The maximum Gasteiger partial charge on any atom is 0.435 e. The van der Waals surface area contributed by atoms with E-state index in [2.05, 4.69) is 0 Å². The molecule has 0 aliphatic rings. The Labute approximate surface area is 96.0 Å². The minimum Gasteiger partial charge on any atom is -0.471 e. The largest absolute Gasteiger partial charge is 0.471 e. The van der Waals surface area contributed by atoms with E-state index < -0.39 is 7.75 Å². The van der Waals surface area contributed by atoms with Crippen LogP contribution in [0.2, 0.25) is 0 Å². The summed E-state index contributed by atoms with van der Waals surface area (Å²) < 4.78 is 22.7. The molecule has 0 bridgehead atoms. The van der Waals surface area contributed by atoms with E-state index in [4.69, 9.17) is 21.5 Å². The zero-order valence-electron chi connectivity index (χ0n) is 9.47. The number of ether oxygens (including phenoxy) is 1. The van der Waals surface area contributed by atoms with Crippen molar-refractivity contribution in [2.45, 2.75) is 33.7 Å². The number of hydrogen-bond acceptors (Lipinski definition) is 4. The lowest BCUT2D eigenvalue weighted by Gasteiger charge is -2.30. The second kappa shape index (κ2) is 6.43. The molecule has 0 aliphatic carbocycles. The van der Waals surface area contributed by atoms with Gasteiger partial charge in [0.15, 0.2) is 0 Å². The molecule has 0 aliphatic heterocycles. The second-order valence-corrected chi connectivity index (χ2v) is 5.07. The van der Waals surface area contributed by atoms with Gasteiger partial charge in [-0.1, -0.05) is 0 Å². The molecule has 0 heterocycles. The molecule has 0 aromatic rings. The fourth-order valence-electron chi connectivity index (χ4n) is 1.03. The van der Waals surface area contributed by atoms with Gasteiger partial charge in [-0.25, -0.2) is 9.24 Å². The van der Waals surface area contributed by atoms with Gasteiger partial charge in [0.25, 0.3) is 5.17 Å². The van der Waals surface area contributed by atoms with Crippen LogP contribution in [0.25, 0.3) is 0 Å². The third-order valence-electron chi connectivity index (χ3n) is 1.51. The van der Waals surface area contributed by atoms with Gasteiger partial charge in [0.05, 0.1) is 13.2 Å². The fraction of sp³-hybridized carbons (Fsp3) is 0.875. The molecule has 0 spiro atoms. The van der Waals surface area contributed by atoms with Crippen molar-refractivity contribution >= 4 is 25.1 Å². The van der Waals surface area contributed by atoms with Gasteiger partial charge in [-0.15, -0.1) is 0 Å². The molecular formula is C8H18NO4PS. The lowest BCUT2D eigenvalue weighted by molar-refractivity contribution is 0.203. The first-order valence-electron chi connectivity index (χ1n) is 4.80. The van der Waals surface area contributed by atoms with Crippen molar-refractivity contribution in [2.75, 3.05) is 13.2 Å². The molecule has 5 nitrogen and oxygen atoms in total. The molecular weight excluding hydrogens is 237 g/mol. The highest BCUT2D eigenvalue weighted by atomic mass is 32.1. The lowest BCUT2D eigenvalue weighted by atomic mass is 10.4. The summed E-state index contributed by atoms with van der Waals surface area (Å²) in [6.07, 6.45) is 0. The van der Waals surface area contributed by atoms with Crippen LogP contribution in [0.4, 0.5) is 0 Å². The van der Waals surface area contributed by atoms with Crippen molar-refractivity contribution in [2.24, 2.45) is 0 Å². The molecule has 15 heavy (non-hydrogen) atoms. The third-order valence-corrected chi connectivity index (χ3v) is 3.75. The summed E-state index contributed by atoms with van der Waals surface area (Å²) in [5.74, 6) is 0. The lowest BCUT2D eigenvalue weighted by Crippen LogP contribution is -2.35. The average molecular weight is 255 g/mol. The van der Waals surface area contributed by atoms with Gasteiger partial charge < -0.3 is 9.63 Å². The molecule has 0 saturated heterocycles. The summed E-state index contributed by atoms with van der Waals surface area (Å²) in [7, 11) is -3.88. The zero-order valence-corrected chi connectivity index (χ0v) is 11.2. The maximum atomic E-state index is 11.8. The van der Waals surface area contributed by atoms with Crippen molar-refractivity contribution in [1.29, 1.82) is 0 Å². The first-order valence-corrected chi connectivity index (χ1v) is 6.74. The van der Waals surface area contributed by atoms with Crippen LogP contribution in [0, 0.1) is 0 Å². The molecule has 1 unspecified atom stereocenters. The Morgan fingerprint density at radius 1 is 1.47 bits per heavy atom. The summed E-state index contributed by atoms with van der Waals surface area (Å²) in [6.45, 7) is 7.39. The van der Waals surface area contributed by atoms with Gasteiger partial charge in [0.1, 0.15) is 0 Å². The van der Waals surface area contributed by atoms with Crippen molar-refractivity contribution < 1.29 is 18.7 Å². The van der Waals surface area contributed by atoms with Gasteiger partial charge in [-0.3, -0.25) is 4.52 Å². The van der Waals surface area contributed by atoms with Crippen LogP contribution in [-0.4, -0.2) is 34.0 Å². The van der Waals surface area contributed by atoms with Crippen LogP contribution >= 0.6 is 20.0 Å². The highest BCUT2D eigenvalue weighted by Gasteiger charge is 2.34. The SMILES string of the molecule is CCOC(=S)N(C(C)C)P(=O)(O)OCC. The predicted octanol–water partition coefficient (Wildman–Crippen LogP) is 2.16. The van der Waals surface area contributed by atoms with Crippen molar-refractivity contribution in [1.82, 2.24) is 4.67 Å². The highest BCUT2D eigenvalue weighted by Crippen LogP contribution is 2.48. The summed E-state index contributed by atoms with van der Waals surface area (Å²) in [6, 6.07) is -0.258. The normalized spacial score (nSPS) is 14.8. The average Bonchev–Trinajstić information content (AvgIpc) is 2.02. The monoisotopic (exact) mass is 255 g/mol. The van der Waals surface area contributed by atoms with Gasteiger partial charge in [-0.05, 0) is 39.9 Å². The Morgan fingerprint density at radius 3 is 2.33 bits per heavy atom. The Balaban J connectivity index is 4.80.